The molecule has 1 N–H and O–H groups in total. The van der Waals surface area contributed by atoms with Crippen LogP contribution >= 0.6 is 23.2 Å². The molecule has 0 saturated carbocycles. The fraction of sp³-hybridized carbons (Fsp3) is 0.214. The van der Waals surface area contributed by atoms with Crippen molar-refractivity contribution < 1.29 is 9.53 Å². The van der Waals surface area contributed by atoms with Crippen LogP contribution in [0.25, 0.3) is 10.8 Å². The number of alkyl halides is 2. The molecule has 0 radical (unpaired) electrons. The first-order chi connectivity index (χ1) is 9.24. The quantitative estimate of drug-likeness (QED) is 0.858. The molecule has 0 aliphatic carbocycles. The Morgan fingerprint density at radius 2 is 1.79 bits per heavy atom. The molecule has 0 aliphatic rings. The molecule has 0 spiro atoms. The van der Waals surface area contributed by atoms with Crippen LogP contribution in [0.1, 0.15) is 0 Å². The lowest BCUT2D eigenvalue weighted by Crippen LogP contribution is -2.25. The third-order valence-corrected chi connectivity index (χ3v) is 3.33. The van der Waals surface area contributed by atoms with Gasteiger partial charge in [0.25, 0.3) is 0 Å². The van der Waals surface area contributed by atoms with E-state index in [4.69, 9.17) is 27.9 Å². The number of hydrogen-bond acceptors (Lipinski definition) is 2. The number of carbonyl (C=O) groups is 1. The van der Waals surface area contributed by atoms with Crippen molar-refractivity contribution in [2.24, 2.45) is 0 Å². The maximum absolute atomic E-state index is 11.7. The normalized spacial score (nSPS) is 10.7. The monoisotopic (exact) mass is 297 g/mol. The first kappa shape index (κ1) is 14.0. The van der Waals surface area contributed by atoms with E-state index in [0.717, 1.165) is 10.8 Å². The SMILES string of the molecule is O=C(Nc1cccc2ccccc12)OC(CCl)CCl. The van der Waals surface area contributed by atoms with Gasteiger partial charge < -0.3 is 4.74 Å². The van der Waals surface area contributed by atoms with Gasteiger partial charge in [0.15, 0.2) is 0 Å². The summed E-state index contributed by atoms with van der Waals surface area (Å²) >= 11 is 11.2. The zero-order chi connectivity index (χ0) is 13.7. The Morgan fingerprint density at radius 3 is 2.53 bits per heavy atom. The zero-order valence-corrected chi connectivity index (χ0v) is 11.6. The number of nitrogens with one attached hydrogen (secondary N) is 1. The van der Waals surface area contributed by atoms with E-state index in [1.165, 1.54) is 0 Å². The van der Waals surface area contributed by atoms with Gasteiger partial charge in [0, 0.05) is 5.39 Å². The Labute approximate surface area is 121 Å². The van der Waals surface area contributed by atoms with Crippen molar-refractivity contribution >= 4 is 45.8 Å². The molecule has 0 fully saturated rings. The highest BCUT2D eigenvalue weighted by Crippen LogP contribution is 2.23. The summed E-state index contributed by atoms with van der Waals surface area (Å²) in [5.74, 6) is 0.346. The molecular weight excluding hydrogens is 285 g/mol. The maximum atomic E-state index is 11.7. The van der Waals surface area contributed by atoms with E-state index >= 15 is 0 Å². The van der Waals surface area contributed by atoms with Crippen LogP contribution in [-0.2, 0) is 4.74 Å². The number of benzene rings is 2. The van der Waals surface area contributed by atoms with Gasteiger partial charge in [-0.05, 0) is 11.5 Å². The van der Waals surface area contributed by atoms with Crippen LogP contribution in [0.15, 0.2) is 42.5 Å². The number of hydrogen-bond donors (Lipinski definition) is 1. The molecule has 0 atom stereocenters. The molecule has 0 aromatic heterocycles. The molecule has 1 amide bonds. The first-order valence-corrected chi connectivity index (χ1v) is 6.89. The Kier molecular flexibility index (Phi) is 4.88. The summed E-state index contributed by atoms with van der Waals surface area (Å²) in [6.45, 7) is 0. The van der Waals surface area contributed by atoms with Gasteiger partial charge in [0.1, 0.15) is 6.10 Å². The highest BCUT2D eigenvalue weighted by molar-refractivity contribution is 6.21. The van der Waals surface area contributed by atoms with Crippen LogP contribution in [0.5, 0.6) is 0 Å². The van der Waals surface area contributed by atoms with Crippen LogP contribution < -0.4 is 5.32 Å². The van der Waals surface area contributed by atoms with Crippen molar-refractivity contribution in [2.45, 2.75) is 6.10 Å². The summed E-state index contributed by atoms with van der Waals surface area (Å²) in [5, 5.41) is 4.71. The van der Waals surface area contributed by atoms with E-state index in [0.29, 0.717) is 5.69 Å². The van der Waals surface area contributed by atoms with Crippen LogP contribution in [0.2, 0.25) is 0 Å². The fourth-order valence-corrected chi connectivity index (χ4v) is 2.19. The van der Waals surface area contributed by atoms with Crippen LogP contribution in [-0.4, -0.2) is 24.0 Å². The highest BCUT2D eigenvalue weighted by atomic mass is 35.5. The summed E-state index contributed by atoms with van der Waals surface area (Å²) in [7, 11) is 0. The van der Waals surface area contributed by atoms with Crippen LogP contribution in [0.3, 0.4) is 0 Å². The fourth-order valence-electron chi connectivity index (χ4n) is 1.73. The second-order valence-corrected chi connectivity index (χ2v) is 4.60. The summed E-state index contributed by atoms with van der Waals surface area (Å²) in [6.07, 6.45) is -1.04. The van der Waals surface area contributed by atoms with Crippen LogP contribution in [0, 0.1) is 0 Å². The lowest BCUT2D eigenvalue weighted by Gasteiger charge is -2.14. The third-order valence-electron chi connectivity index (χ3n) is 2.64. The first-order valence-electron chi connectivity index (χ1n) is 5.82. The van der Waals surface area contributed by atoms with Gasteiger partial charge in [-0.3, -0.25) is 5.32 Å². The molecule has 0 heterocycles. The molecule has 0 bridgehead atoms. The van der Waals surface area contributed by atoms with E-state index in [1.54, 1.807) is 0 Å². The number of halogens is 2. The summed E-state index contributed by atoms with van der Waals surface area (Å²) < 4.78 is 5.09. The van der Waals surface area contributed by atoms with E-state index in [9.17, 15) is 4.79 Å². The zero-order valence-electron chi connectivity index (χ0n) is 10.1. The van der Waals surface area contributed by atoms with E-state index in [2.05, 4.69) is 5.32 Å². The Balaban J connectivity index is 2.15. The molecular formula is C14H13Cl2NO2. The molecule has 0 aliphatic heterocycles. The number of anilines is 1. The van der Waals surface area contributed by atoms with Crippen molar-refractivity contribution in [3.05, 3.63) is 42.5 Å². The van der Waals surface area contributed by atoms with Gasteiger partial charge in [0.2, 0.25) is 0 Å². The van der Waals surface area contributed by atoms with Crippen molar-refractivity contribution in [3.63, 3.8) is 0 Å². The minimum absolute atomic E-state index is 0.173. The van der Waals surface area contributed by atoms with Crippen molar-refractivity contribution in [3.8, 4) is 0 Å². The molecule has 0 unspecified atom stereocenters. The molecule has 0 saturated heterocycles. The van der Waals surface area contributed by atoms with Crippen molar-refractivity contribution in [1.29, 1.82) is 0 Å². The van der Waals surface area contributed by atoms with Gasteiger partial charge in [-0.2, -0.15) is 0 Å². The number of rotatable bonds is 4. The summed E-state index contributed by atoms with van der Waals surface area (Å²) in [6, 6.07) is 13.4. The van der Waals surface area contributed by atoms with E-state index in [1.807, 2.05) is 42.5 Å². The minimum Gasteiger partial charge on any atom is -0.443 e. The van der Waals surface area contributed by atoms with Gasteiger partial charge in [-0.1, -0.05) is 36.4 Å². The summed E-state index contributed by atoms with van der Waals surface area (Å²) in [5.41, 5.74) is 0.700. The number of ether oxygens (including phenoxy) is 1. The molecule has 2 aromatic rings. The highest BCUT2D eigenvalue weighted by Gasteiger charge is 2.13. The van der Waals surface area contributed by atoms with Crippen molar-refractivity contribution in [2.75, 3.05) is 17.1 Å². The number of carbonyl (C=O) groups excluding carboxylic acids is 1. The number of fused-ring (bicyclic) bond motifs is 1. The smallest absolute Gasteiger partial charge is 0.411 e. The average Bonchev–Trinajstić information content (AvgIpc) is 2.45. The summed E-state index contributed by atoms with van der Waals surface area (Å²) in [4.78, 5) is 11.7. The van der Waals surface area contributed by atoms with E-state index < -0.39 is 12.2 Å². The number of amides is 1. The van der Waals surface area contributed by atoms with E-state index in [-0.39, 0.29) is 11.8 Å². The lowest BCUT2D eigenvalue weighted by molar-refractivity contribution is 0.133. The predicted octanol–water partition coefficient (Wildman–Crippen LogP) is 4.23. The van der Waals surface area contributed by atoms with Gasteiger partial charge in [-0.15, -0.1) is 23.2 Å². The second-order valence-electron chi connectivity index (χ2n) is 3.99. The minimum atomic E-state index is -0.553. The predicted molar refractivity (Wildman–Crippen MR) is 79.3 cm³/mol. The lowest BCUT2D eigenvalue weighted by atomic mass is 10.1. The average molecular weight is 298 g/mol. The standard InChI is InChI=1S/C14H13Cl2NO2/c15-8-11(9-16)19-14(18)17-13-7-3-5-10-4-1-2-6-12(10)13/h1-7,11H,8-9H2,(H,17,18). The Hall–Kier alpha value is -1.45. The largest absolute Gasteiger partial charge is 0.443 e. The van der Waals surface area contributed by atoms with Gasteiger partial charge in [0.05, 0.1) is 17.4 Å². The molecule has 2 aromatic carbocycles. The van der Waals surface area contributed by atoms with Crippen LogP contribution in [0.4, 0.5) is 10.5 Å². The third kappa shape index (κ3) is 3.52. The molecule has 19 heavy (non-hydrogen) atoms. The second kappa shape index (κ2) is 6.64. The molecule has 2 rings (SSSR count). The van der Waals surface area contributed by atoms with Gasteiger partial charge >= 0.3 is 6.09 Å². The van der Waals surface area contributed by atoms with Gasteiger partial charge in [-0.25, -0.2) is 4.79 Å². The molecule has 3 nitrogen and oxygen atoms in total. The Bertz CT molecular complexity index is 565. The van der Waals surface area contributed by atoms with Crippen molar-refractivity contribution in [1.82, 2.24) is 0 Å². The molecule has 100 valence electrons. The maximum Gasteiger partial charge on any atom is 0.411 e. The molecule has 5 heteroatoms. The Morgan fingerprint density at radius 1 is 1.11 bits per heavy atom. The topological polar surface area (TPSA) is 38.3 Å².